The summed E-state index contributed by atoms with van der Waals surface area (Å²) in [6, 6.07) is 7.12. The van der Waals surface area contributed by atoms with E-state index in [1.54, 1.807) is 53.1 Å². The van der Waals surface area contributed by atoms with Crippen molar-refractivity contribution in [1.29, 1.82) is 0 Å². The number of nitrogens with zero attached hydrogens (tertiary/aromatic N) is 3. The predicted molar refractivity (Wildman–Crippen MR) is 143 cm³/mol. The molecule has 0 spiro atoms. The molecule has 208 valence electrons. The van der Waals surface area contributed by atoms with E-state index in [2.05, 4.69) is 9.97 Å². The van der Waals surface area contributed by atoms with Crippen molar-refractivity contribution in [3.63, 3.8) is 0 Å². The Hall–Kier alpha value is -4.41. The monoisotopic (exact) mass is 540 g/mol. The van der Waals surface area contributed by atoms with Crippen molar-refractivity contribution in [3.8, 4) is 22.8 Å². The molecule has 3 rings (SSSR count). The van der Waals surface area contributed by atoms with Gasteiger partial charge in [-0.25, -0.2) is 23.9 Å². The SMILES string of the molecule is COC(=O)c1ccc(F)cc1C(C)Oc1cc(-c2c(CN(C)C(=O)OC(C)(C)C)ccnc2OC)cnc1N. The molecule has 0 aliphatic carbocycles. The van der Waals surface area contributed by atoms with E-state index in [9.17, 15) is 14.0 Å². The van der Waals surface area contributed by atoms with E-state index in [0.717, 1.165) is 0 Å². The van der Waals surface area contributed by atoms with Crippen LogP contribution in [-0.2, 0) is 16.0 Å². The molecule has 2 N–H and O–H groups in total. The molecular weight excluding hydrogens is 507 g/mol. The first-order valence-electron chi connectivity index (χ1n) is 12.1. The number of esters is 1. The first kappa shape index (κ1) is 29.2. The molecule has 1 amide bonds. The second-order valence-corrected chi connectivity index (χ2v) is 9.78. The van der Waals surface area contributed by atoms with Crippen LogP contribution in [-0.4, -0.2) is 53.8 Å². The molecule has 0 saturated heterocycles. The third-order valence-corrected chi connectivity index (χ3v) is 5.64. The number of benzene rings is 1. The fourth-order valence-electron chi connectivity index (χ4n) is 3.84. The van der Waals surface area contributed by atoms with Gasteiger partial charge in [-0.3, -0.25) is 0 Å². The van der Waals surface area contributed by atoms with Crippen molar-refractivity contribution in [3.05, 3.63) is 65.2 Å². The number of hydrogen-bond donors (Lipinski definition) is 1. The number of hydrogen-bond acceptors (Lipinski definition) is 9. The van der Waals surface area contributed by atoms with Crippen LogP contribution in [0.15, 0.2) is 42.7 Å². The van der Waals surface area contributed by atoms with Crippen LogP contribution in [0.3, 0.4) is 0 Å². The normalized spacial score (nSPS) is 11.9. The Morgan fingerprint density at radius 1 is 1.13 bits per heavy atom. The van der Waals surface area contributed by atoms with Gasteiger partial charge in [-0.1, -0.05) is 0 Å². The lowest BCUT2D eigenvalue weighted by atomic mass is 10.0. The average Bonchev–Trinajstić information content (AvgIpc) is 2.88. The van der Waals surface area contributed by atoms with E-state index < -0.39 is 29.6 Å². The smallest absolute Gasteiger partial charge is 0.410 e. The summed E-state index contributed by atoms with van der Waals surface area (Å²) in [6.45, 7) is 7.21. The number of aromatic nitrogens is 2. The second-order valence-electron chi connectivity index (χ2n) is 9.78. The number of amides is 1. The van der Waals surface area contributed by atoms with Crippen LogP contribution >= 0.6 is 0 Å². The fraction of sp³-hybridized carbons (Fsp3) is 0.357. The van der Waals surface area contributed by atoms with Crippen molar-refractivity contribution < 1.29 is 32.9 Å². The number of halogens is 1. The summed E-state index contributed by atoms with van der Waals surface area (Å²) < 4.78 is 35.9. The Labute approximate surface area is 226 Å². The van der Waals surface area contributed by atoms with Gasteiger partial charge >= 0.3 is 12.1 Å². The van der Waals surface area contributed by atoms with Gasteiger partial charge in [0, 0.05) is 37.1 Å². The van der Waals surface area contributed by atoms with E-state index in [1.165, 1.54) is 43.5 Å². The van der Waals surface area contributed by atoms with Crippen LogP contribution in [0.4, 0.5) is 15.0 Å². The second kappa shape index (κ2) is 12.0. The Morgan fingerprint density at radius 3 is 2.49 bits per heavy atom. The third kappa shape index (κ3) is 7.13. The Balaban J connectivity index is 1.99. The molecule has 0 fully saturated rings. The lowest BCUT2D eigenvalue weighted by Gasteiger charge is -2.25. The molecule has 0 aliphatic rings. The maximum atomic E-state index is 14.1. The fourth-order valence-corrected chi connectivity index (χ4v) is 3.84. The molecule has 10 nitrogen and oxygen atoms in total. The molecule has 1 atom stereocenters. The Bertz CT molecular complexity index is 1360. The molecular formula is C28H33FN4O6. The van der Waals surface area contributed by atoms with Gasteiger partial charge < -0.3 is 29.6 Å². The maximum absolute atomic E-state index is 14.1. The summed E-state index contributed by atoms with van der Waals surface area (Å²) in [7, 11) is 4.35. The van der Waals surface area contributed by atoms with Crippen molar-refractivity contribution in [2.45, 2.75) is 45.9 Å². The van der Waals surface area contributed by atoms with E-state index in [1.807, 2.05) is 0 Å². The number of carbonyl (C=O) groups excluding carboxylic acids is 2. The van der Waals surface area contributed by atoms with Gasteiger partial charge in [0.15, 0.2) is 11.6 Å². The number of rotatable bonds is 8. The van der Waals surface area contributed by atoms with Crippen molar-refractivity contribution in [2.75, 3.05) is 27.0 Å². The van der Waals surface area contributed by atoms with Gasteiger partial charge in [0.25, 0.3) is 0 Å². The summed E-state index contributed by atoms with van der Waals surface area (Å²) in [5.41, 5.74) is 7.74. The molecule has 0 bridgehead atoms. The summed E-state index contributed by atoms with van der Waals surface area (Å²) in [4.78, 5) is 34.8. The number of ether oxygens (including phenoxy) is 4. The summed E-state index contributed by atoms with van der Waals surface area (Å²) in [5.74, 6) is -0.589. The van der Waals surface area contributed by atoms with Crippen molar-refractivity contribution >= 4 is 17.9 Å². The van der Waals surface area contributed by atoms with Crippen LogP contribution < -0.4 is 15.2 Å². The standard InChI is InChI=1S/C28H33FN4O6/c1-16(21-13-19(29)8-9-20(21)26(34)37-7)38-22-12-18(14-32-24(22)30)23-17(10-11-31-25(23)36-6)15-33(5)27(35)39-28(2,3)4/h8-14,16H,15H2,1-7H3,(H2,30,32). The molecule has 11 heteroatoms. The number of pyridine rings is 2. The molecule has 1 unspecified atom stereocenters. The lowest BCUT2D eigenvalue weighted by molar-refractivity contribution is 0.0285. The highest BCUT2D eigenvalue weighted by atomic mass is 19.1. The lowest BCUT2D eigenvalue weighted by Crippen LogP contribution is -2.34. The van der Waals surface area contributed by atoms with Gasteiger partial charge in [0.1, 0.15) is 17.5 Å². The Kier molecular flexibility index (Phi) is 8.95. The van der Waals surface area contributed by atoms with Gasteiger partial charge in [-0.15, -0.1) is 0 Å². The molecule has 0 radical (unpaired) electrons. The molecule has 2 heterocycles. The Morgan fingerprint density at radius 2 is 1.85 bits per heavy atom. The number of carbonyl (C=O) groups is 2. The first-order chi connectivity index (χ1) is 18.3. The van der Waals surface area contributed by atoms with Gasteiger partial charge in [0.2, 0.25) is 5.88 Å². The highest BCUT2D eigenvalue weighted by molar-refractivity contribution is 5.91. The highest BCUT2D eigenvalue weighted by Crippen LogP contribution is 2.37. The summed E-state index contributed by atoms with van der Waals surface area (Å²) in [5, 5.41) is 0. The first-order valence-corrected chi connectivity index (χ1v) is 12.1. The van der Waals surface area contributed by atoms with Crippen LogP contribution in [0.5, 0.6) is 11.6 Å². The van der Waals surface area contributed by atoms with Crippen molar-refractivity contribution in [1.82, 2.24) is 14.9 Å². The minimum Gasteiger partial charge on any atom is -0.482 e. The zero-order chi connectivity index (χ0) is 28.9. The minimum absolute atomic E-state index is 0.0805. The third-order valence-electron chi connectivity index (χ3n) is 5.64. The molecule has 3 aromatic rings. The zero-order valence-corrected chi connectivity index (χ0v) is 23.1. The minimum atomic E-state index is -0.789. The molecule has 1 aromatic carbocycles. The largest absolute Gasteiger partial charge is 0.482 e. The van der Waals surface area contributed by atoms with Gasteiger partial charge in [-0.05, 0) is 63.6 Å². The van der Waals surface area contributed by atoms with E-state index in [4.69, 9.17) is 24.7 Å². The van der Waals surface area contributed by atoms with E-state index in [0.29, 0.717) is 22.6 Å². The average molecular weight is 541 g/mol. The topological polar surface area (TPSA) is 126 Å². The summed E-state index contributed by atoms with van der Waals surface area (Å²) >= 11 is 0. The number of nitrogens with two attached hydrogens (primary N) is 1. The van der Waals surface area contributed by atoms with Gasteiger partial charge in [0.05, 0.1) is 25.3 Å². The number of anilines is 1. The zero-order valence-electron chi connectivity index (χ0n) is 23.1. The maximum Gasteiger partial charge on any atom is 0.410 e. The van der Waals surface area contributed by atoms with Crippen LogP contribution in [0.25, 0.3) is 11.1 Å². The number of methoxy groups -OCH3 is 2. The van der Waals surface area contributed by atoms with Crippen LogP contribution in [0, 0.1) is 5.82 Å². The van der Waals surface area contributed by atoms with Crippen LogP contribution in [0.2, 0.25) is 0 Å². The molecule has 0 aliphatic heterocycles. The summed E-state index contributed by atoms with van der Waals surface area (Å²) in [6.07, 6.45) is 1.82. The van der Waals surface area contributed by atoms with Gasteiger partial charge in [-0.2, -0.15) is 0 Å². The molecule has 0 saturated carbocycles. The molecule has 2 aromatic heterocycles. The van der Waals surface area contributed by atoms with E-state index in [-0.39, 0.29) is 29.2 Å². The van der Waals surface area contributed by atoms with Crippen molar-refractivity contribution in [2.24, 2.45) is 0 Å². The quantitative estimate of drug-likeness (QED) is 0.385. The van der Waals surface area contributed by atoms with E-state index >= 15 is 0 Å². The van der Waals surface area contributed by atoms with Crippen LogP contribution in [0.1, 0.15) is 55.3 Å². The predicted octanol–water partition coefficient (Wildman–Crippen LogP) is 5.17. The number of nitrogen functional groups attached to an aromatic ring is 1. The molecule has 39 heavy (non-hydrogen) atoms. The highest BCUT2D eigenvalue weighted by Gasteiger charge is 2.24.